The first-order valence-corrected chi connectivity index (χ1v) is 12.8. The molecule has 0 bridgehead atoms. The summed E-state index contributed by atoms with van der Waals surface area (Å²) in [6.07, 6.45) is 3.63. The summed E-state index contributed by atoms with van der Waals surface area (Å²) < 4.78 is 33.5. The number of rotatable bonds is 6. The fourth-order valence-corrected chi connectivity index (χ4v) is 6.21. The molecule has 3 heterocycles. The molecule has 0 spiro atoms. The summed E-state index contributed by atoms with van der Waals surface area (Å²) in [5.41, 5.74) is 1.65. The summed E-state index contributed by atoms with van der Waals surface area (Å²) in [4.78, 5) is 16.9. The smallest absolute Gasteiger partial charge is 0.243 e. The Balaban J connectivity index is 1.33. The van der Waals surface area contributed by atoms with Crippen LogP contribution in [0.15, 0.2) is 23.1 Å². The van der Waals surface area contributed by atoms with Crippen LogP contribution in [0.5, 0.6) is 0 Å². The molecule has 3 aliphatic rings. The Labute approximate surface area is 185 Å². The highest BCUT2D eigenvalue weighted by Gasteiger charge is 2.31. The van der Waals surface area contributed by atoms with Crippen molar-refractivity contribution in [1.82, 2.24) is 14.1 Å². The van der Waals surface area contributed by atoms with Gasteiger partial charge in [0.2, 0.25) is 15.9 Å². The number of hydrogen-bond acceptors (Lipinski definition) is 6. The van der Waals surface area contributed by atoms with Crippen LogP contribution in [0, 0.1) is 0 Å². The predicted octanol–water partition coefficient (Wildman–Crippen LogP) is 1.38. The van der Waals surface area contributed by atoms with Gasteiger partial charge in [0, 0.05) is 57.4 Å². The number of ether oxygens (including phenoxy) is 1. The Morgan fingerprint density at radius 2 is 1.87 bits per heavy atom. The van der Waals surface area contributed by atoms with Gasteiger partial charge in [0.05, 0.1) is 18.1 Å². The van der Waals surface area contributed by atoms with Crippen molar-refractivity contribution < 1.29 is 17.9 Å². The highest BCUT2D eigenvalue weighted by molar-refractivity contribution is 7.89. The van der Waals surface area contributed by atoms with E-state index >= 15 is 0 Å². The number of fused-ring (bicyclic) bond motifs is 1. The zero-order chi connectivity index (χ0) is 21.8. The van der Waals surface area contributed by atoms with Crippen LogP contribution in [0.4, 0.5) is 5.69 Å². The molecular formula is C22H34N4O4S. The monoisotopic (exact) mass is 450 g/mol. The van der Waals surface area contributed by atoms with Crippen LogP contribution in [0.2, 0.25) is 0 Å². The Morgan fingerprint density at radius 3 is 2.61 bits per heavy atom. The molecule has 4 rings (SSSR count). The summed E-state index contributed by atoms with van der Waals surface area (Å²) in [5, 5.41) is 2.87. The predicted molar refractivity (Wildman–Crippen MR) is 120 cm³/mol. The van der Waals surface area contributed by atoms with Crippen molar-refractivity contribution in [2.45, 2.75) is 43.0 Å². The van der Waals surface area contributed by atoms with Crippen molar-refractivity contribution >= 4 is 21.6 Å². The van der Waals surface area contributed by atoms with Crippen LogP contribution in [0.25, 0.3) is 0 Å². The zero-order valence-corrected chi connectivity index (χ0v) is 19.2. The number of nitrogens with one attached hydrogen (secondary N) is 1. The number of carbonyl (C=O) groups excluding carboxylic acids is 1. The molecule has 31 heavy (non-hydrogen) atoms. The van der Waals surface area contributed by atoms with Crippen molar-refractivity contribution in [2.75, 3.05) is 64.8 Å². The number of piperidine rings is 1. The lowest BCUT2D eigenvalue weighted by Crippen LogP contribution is -2.48. The van der Waals surface area contributed by atoms with E-state index in [1.807, 2.05) is 0 Å². The Bertz CT molecular complexity index is 877. The summed E-state index contributed by atoms with van der Waals surface area (Å²) in [6.45, 7) is 6.73. The SMILES string of the molecule is CN(CCN1CCOCC1)C1CCN(S(=O)(=O)c2ccc3c(c2)CCCC(=O)N3)CC1. The van der Waals surface area contributed by atoms with E-state index in [1.165, 1.54) is 0 Å². The number of amides is 1. The number of benzene rings is 1. The Hall–Kier alpha value is -1.52. The second kappa shape index (κ2) is 9.95. The summed E-state index contributed by atoms with van der Waals surface area (Å²) in [7, 11) is -1.37. The first-order valence-electron chi connectivity index (χ1n) is 11.4. The van der Waals surface area contributed by atoms with Crippen LogP contribution < -0.4 is 5.32 Å². The minimum atomic E-state index is -3.52. The second-order valence-corrected chi connectivity index (χ2v) is 10.7. The van der Waals surface area contributed by atoms with Gasteiger partial charge in [-0.25, -0.2) is 8.42 Å². The van der Waals surface area contributed by atoms with E-state index in [2.05, 4.69) is 22.2 Å². The van der Waals surface area contributed by atoms with Crippen molar-refractivity contribution in [2.24, 2.45) is 0 Å². The normalized spacial score (nSPS) is 22.2. The lowest BCUT2D eigenvalue weighted by Gasteiger charge is -2.37. The van der Waals surface area contributed by atoms with Gasteiger partial charge in [-0.2, -0.15) is 4.31 Å². The molecule has 0 unspecified atom stereocenters. The number of aryl methyl sites for hydroxylation is 1. The number of carbonyl (C=O) groups is 1. The molecule has 172 valence electrons. The molecule has 3 aliphatic heterocycles. The van der Waals surface area contributed by atoms with Crippen LogP contribution in [-0.2, 0) is 26.0 Å². The number of likely N-dealkylation sites (N-methyl/N-ethyl adjacent to an activating group) is 1. The third-order valence-electron chi connectivity index (χ3n) is 6.76. The van der Waals surface area contributed by atoms with Crippen molar-refractivity contribution in [1.29, 1.82) is 0 Å². The minimum Gasteiger partial charge on any atom is -0.379 e. The summed E-state index contributed by atoms with van der Waals surface area (Å²) in [6, 6.07) is 5.52. The first-order chi connectivity index (χ1) is 14.9. The average molecular weight is 451 g/mol. The number of hydrogen-bond donors (Lipinski definition) is 1. The first kappa shape index (κ1) is 22.7. The Morgan fingerprint density at radius 1 is 1.13 bits per heavy atom. The van der Waals surface area contributed by atoms with Gasteiger partial charge in [0.25, 0.3) is 0 Å². The van der Waals surface area contributed by atoms with Crippen LogP contribution in [-0.4, -0.2) is 94.0 Å². The zero-order valence-electron chi connectivity index (χ0n) is 18.4. The average Bonchev–Trinajstić information content (AvgIpc) is 2.98. The van der Waals surface area contributed by atoms with Gasteiger partial charge in [0.1, 0.15) is 0 Å². The lowest BCUT2D eigenvalue weighted by atomic mass is 10.1. The van der Waals surface area contributed by atoms with Gasteiger partial charge in [0.15, 0.2) is 0 Å². The van der Waals surface area contributed by atoms with E-state index in [0.717, 1.165) is 69.9 Å². The third kappa shape index (κ3) is 5.46. The van der Waals surface area contributed by atoms with E-state index < -0.39 is 10.0 Å². The van der Waals surface area contributed by atoms with Crippen molar-refractivity contribution in [3.63, 3.8) is 0 Å². The molecule has 1 N–H and O–H groups in total. The number of anilines is 1. The van der Waals surface area contributed by atoms with E-state index in [-0.39, 0.29) is 5.91 Å². The second-order valence-electron chi connectivity index (χ2n) is 8.79. The maximum atomic E-state index is 13.2. The number of nitrogens with zero attached hydrogens (tertiary/aromatic N) is 3. The fraction of sp³-hybridized carbons (Fsp3) is 0.682. The molecule has 9 heteroatoms. The van der Waals surface area contributed by atoms with Crippen molar-refractivity contribution in [3.05, 3.63) is 23.8 Å². The topological polar surface area (TPSA) is 82.2 Å². The number of sulfonamides is 1. The van der Waals surface area contributed by atoms with Gasteiger partial charge in [-0.1, -0.05) is 0 Å². The summed E-state index contributed by atoms with van der Waals surface area (Å²) in [5.74, 6) is -0.00540. The van der Waals surface area contributed by atoms with Gasteiger partial charge < -0.3 is 15.0 Å². The maximum absolute atomic E-state index is 13.2. The lowest BCUT2D eigenvalue weighted by molar-refractivity contribution is -0.116. The molecule has 8 nitrogen and oxygen atoms in total. The molecule has 0 radical (unpaired) electrons. The molecule has 1 aromatic rings. The van der Waals surface area contributed by atoms with Crippen LogP contribution in [0.3, 0.4) is 0 Å². The van der Waals surface area contributed by atoms with Crippen molar-refractivity contribution in [3.8, 4) is 0 Å². The highest BCUT2D eigenvalue weighted by atomic mass is 32.2. The van der Waals surface area contributed by atoms with Gasteiger partial charge in [-0.3, -0.25) is 9.69 Å². The van der Waals surface area contributed by atoms with E-state index in [4.69, 9.17) is 4.74 Å². The molecular weight excluding hydrogens is 416 g/mol. The van der Waals surface area contributed by atoms with Crippen LogP contribution in [0.1, 0.15) is 31.2 Å². The van der Waals surface area contributed by atoms with Gasteiger partial charge >= 0.3 is 0 Å². The van der Waals surface area contributed by atoms with E-state index in [0.29, 0.717) is 36.9 Å². The molecule has 0 saturated carbocycles. The minimum absolute atomic E-state index is 0.00540. The molecule has 0 atom stereocenters. The Kier molecular flexibility index (Phi) is 7.28. The van der Waals surface area contributed by atoms with Crippen LogP contribution >= 0.6 is 0 Å². The summed E-state index contributed by atoms with van der Waals surface area (Å²) >= 11 is 0. The fourth-order valence-electron chi connectivity index (χ4n) is 4.69. The molecule has 1 aromatic carbocycles. The molecule has 2 fully saturated rings. The highest BCUT2D eigenvalue weighted by Crippen LogP contribution is 2.28. The number of morpholine rings is 1. The van der Waals surface area contributed by atoms with Gasteiger partial charge in [-0.15, -0.1) is 0 Å². The van der Waals surface area contributed by atoms with E-state index in [9.17, 15) is 13.2 Å². The molecule has 0 aromatic heterocycles. The van der Waals surface area contributed by atoms with E-state index in [1.54, 1.807) is 22.5 Å². The molecule has 0 aliphatic carbocycles. The molecule has 2 saturated heterocycles. The maximum Gasteiger partial charge on any atom is 0.243 e. The largest absolute Gasteiger partial charge is 0.379 e. The van der Waals surface area contributed by atoms with Gasteiger partial charge in [-0.05, 0) is 56.5 Å². The molecule has 1 amide bonds. The third-order valence-corrected chi connectivity index (χ3v) is 8.65. The quantitative estimate of drug-likeness (QED) is 0.705. The standard InChI is InChI=1S/C22H34N4O4S/c1-24(11-12-25-13-15-30-16-14-25)19-7-9-26(10-8-19)31(28,29)20-5-6-21-18(17-20)3-2-4-22(27)23-21/h5-6,17,19H,2-4,7-16H2,1H3,(H,23,27).